The molecule has 0 fully saturated rings. The van der Waals surface area contributed by atoms with E-state index in [9.17, 15) is 14.0 Å². The van der Waals surface area contributed by atoms with Gasteiger partial charge in [0.05, 0.1) is 18.3 Å². The van der Waals surface area contributed by atoms with Gasteiger partial charge in [-0.3, -0.25) is 9.59 Å². The molecule has 2 aromatic rings. The summed E-state index contributed by atoms with van der Waals surface area (Å²) >= 11 is 0. The number of carbonyl (C=O) groups is 2. The number of rotatable bonds is 8. The van der Waals surface area contributed by atoms with Gasteiger partial charge in [-0.15, -0.1) is 0 Å². The molecule has 1 unspecified atom stereocenters. The van der Waals surface area contributed by atoms with Gasteiger partial charge < -0.3 is 21.1 Å². The minimum Gasteiger partial charge on any atom is -0.395 e. The Morgan fingerprint density at radius 1 is 1.26 bits per heavy atom. The molecule has 0 heterocycles. The second kappa shape index (κ2) is 12.6. The van der Waals surface area contributed by atoms with Crippen LogP contribution < -0.4 is 21.4 Å². The third-order valence-corrected chi connectivity index (χ3v) is 3.57. The number of benzene rings is 2. The van der Waals surface area contributed by atoms with Crippen LogP contribution in [0.15, 0.2) is 48.5 Å². The second-order valence-corrected chi connectivity index (χ2v) is 5.55. The lowest BCUT2D eigenvalue weighted by Gasteiger charge is -2.15. The maximum atomic E-state index is 12.7. The zero-order valence-electron chi connectivity index (χ0n) is 15.1. The Balaban J connectivity index is 0.000000289. The Morgan fingerprint density at radius 2 is 1.96 bits per heavy atom. The summed E-state index contributed by atoms with van der Waals surface area (Å²) in [7, 11) is 7.02. The standard InChI is InChI=1S/C12H18N2O2.C7H5BFNO/c1-13-11(12(16)14-7-8-15)9-10-5-3-2-4-6-10;8-5-1-2-7(10-4-11)6(9)3-5/h2-6,11,13,15H,7-9H2,1H3,(H,14,16);1-4H,(H,10,11). The highest BCUT2D eigenvalue weighted by atomic mass is 19.1. The lowest BCUT2D eigenvalue weighted by Crippen LogP contribution is -2.44. The largest absolute Gasteiger partial charge is 0.395 e. The van der Waals surface area contributed by atoms with E-state index in [4.69, 9.17) is 13.0 Å². The molecule has 1 atom stereocenters. The number of likely N-dealkylation sites (N-methyl/N-ethyl adjacent to an activating group) is 1. The summed E-state index contributed by atoms with van der Waals surface area (Å²) in [4.78, 5) is 21.6. The van der Waals surface area contributed by atoms with Crippen molar-refractivity contribution in [2.75, 3.05) is 25.5 Å². The van der Waals surface area contributed by atoms with E-state index in [1.807, 2.05) is 30.3 Å². The highest BCUT2D eigenvalue weighted by Gasteiger charge is 2.15. The van der Waals surface area contributed by atoms with Crippen LogP contribution in [0.2, 0.25) is 0 Å². The molecule has 0 aliphatic rings. The highest BCUT2D eigenvalue weighted by molar-refractivity contribution is 6.32. The van der Waals surface area contributed by atoms with Gasteiger partial charge in [-0.05, 0) is 31.2 Å². The van der Waals surface area contributed by atoms with Crippen molar-refractivity contribution >= 4 is 31.3 Å². The van der Waals surface area contributed by atoms with E-state index in [0.717, 1.165) is 11.6 Å². The Labute approximate surface area is 159 Å². The molecule has 0 aliphatic carbocycles. The Bertz CT molecular complexity index is 717. The SMILES string of the molecule is CNC(Cc1ccccc1)C(=O)NCCO.[B]c1ccc(NC=O)c(F)c1. The van der Waals surface area contributed by atoms with Crippen LogP contribution in [0, 0.1) is 5.82 Å². The van der Waals surface area contributed by atoms with E-state index in [1.54, 1.807) is 7.05 Å². The molecule has 142 valence electrons. The molecule has 0 spiro atoms. The summed E-state index contributed by atoms with van der Waals surface area (Å²) in [5.74, 6) is -0.613. The molecule has 6 nitrogen and oxygen atoms in total. The summed E-state index contributed by atoms with van der Waals surface area (Å²) < 4.78 is 12.7. The summed E-state index contributed by atoms with van der Waals surface area (Å²) in [6, 6.07) is 13.6. The zero-order valence-corrected chi connectivity index (χ0v) is 15.1. The van der Waals surface area contributed by atoms with Gasteiger partial charge in [0.2, 0.25) is 12.3 Å². The van der Waals surface area contributed by atoms with Crippen molar-refractivity contribution < 1.29 is 19.1 Å². The number of anilines is 1. The average Bonchev–Trinajstić information content (AvgIpc) is 2.68. The fourth-order valence-electron chi connectivity index (χ4n) is 2.19. The fraction of sp³-hybridized carbons (Fsp3) is 0.263. The van der Waals surface area contributed by atoms with Crippen LogP contribution >= 0.6 is 0 Å². The molecule has 0 saturated heterocycles. The van der Waals surface area contributed by atoms with Crippen LogP contribution in [-0.2, 0) is 16.0 Å². The first-order valence-corrected chi connectivity index (χ1v) is 8.36. The van der Waals surface area contributed by atoms with Crippen molar-refractivity contribution in [3.8, 4) is 0 Å². The lowest BCUT2D eigenvalue weighted by molar-refractivity contribution is -0.123. The number of nitrogens with one attached hydrogen (secondary N) is 3. The topological polar surface area (TPSA) is 90.5 Å². The first-order chi connectivity index (χ1) is 13.0. The minimum absolute atomic E-state index is 0.0342. The van der Waals surface area contributed by atoms with Crippen molar-refractivity contribution in [1.82, 2.24) is 10.6 Å². The van der Waals surface area contributed by atoms with E-state index in [2.05, 4.69) is 16.0 Å². The van der Waals surface area contributed by atoms with Crippen molar-refractivity contribution in [2.24, 2.45) is 0 Å². The van der Waals surface area contributed by atoms with E-state index in [0.29, 0.717) is 24.8 Å². The van der Waals surface area contributed by atoms with Crippen LogP contribution in [0.25, 0.3) is 0 Å². The molecule has 0 saturated carbocycles. The van der Waals surface area contributed by atoms with Crippen LogP contribution in [-0.4, -0.2) is 51.5 Å². The smallest absolute Gasteiger partial charge is 0.237 e. The molecule has 0 aromatic heterocycles. The quantitative estimate of drug-likeness (QED) is 0.392. The van der Waals surface area contributed by atoms with E-state index in [-0.39, 0.29) is 24.2 Å². The first-order valence-electron chi connectivity index (χ1n) is 8.36. The number of carbonyl (C=O) groups excluding carboxylic acids is 2. The number of hydrogen-bond acceptors (Lipinski definition) is 4. The van der Waals surface area contributed by atoms with Gasteiger partial charge in [0.1, 0.15) is 13.7 Å². The third-order valence-electron chi connectivity index (χ3n) is 3.57. The first kappa shape index (κ1) is 22.3. The summed E-state index contributed by atoms with van der Waals surface area (Å²) in [6.07, 6.45) is 1.06. The monoisotopic (exact) mass is 371 g/mol. The molecular formula is C19H23BFN3O3. The molecule has 2 radical (unpaired) electrons. The van der Waals surface area contributed by atoms with E-state index >= 15 is 0 Å². The molecule has 2 amide bonds. The Morgan fingerprint density at radius 3 is 2.52 bits per heavy atom. The van der Waals surface area contributed by atoms with Crippen LogP contribution in [0.5, 0.6) is 0 Å². The van der Waals surface area contributed by atoms with Crippen molar-refractivity contribution in [3.63, 3.8) is 0 Å². The number of halogens is 1. The van der Waals surface area contributed by atoms with Gasteiger partial charge >= 0.3 is 0 Å². The number of hydrogen-bond donors (Lipinski definition) is 4. The minimum atomic E-state index is -0.530. The molecule has 2 rings (SSSR count). The third kappa shape index (κ3) is 8.48. The van der Waals surface area contributed by atoms with Crippen molar-refractivity contribution in [2.45, 2.75) is 12.5 Å². The van der Waals surface area contributed by atoms with Gasteiger partial charge in [-0.1, -0.05) is 41.9 Å². The molecule has 0 bridgehead atoms. The molecule has 4 N–H and O–H groups in total. The van der Waals surface area contributed by atoms with E-state index in [1.165, 1.54) is 12.1 Å². The van der Waals surface area contributed by atoms with E-state index < -0.39 is 5.82 Å². The van der Waals surface area contributed by atoms with Crippen LogP contribution in [0.4, 0.5) is 10.1 Å². The zero-order chi connectivity index (χ0) is 20.1. The number of aliphatic hydroxyl groups is 1. The molecular weight excluding hydrogens is 348 g/mol. The van der Waals surface area contributed by atoms with Crippen LogP contribution in [0.3, 0.4) is 0 Å². The number of amides is 2. The average molecular weight is 371 g/mol. The van der Waals surface area contributed by atoms with Gasteiger partial charge in [-0.2, -0.15) is 0 Å². The molecule has 0 aliphatic heterocycles. The van der Waals surface area contributed by atoms with Crippen molar-refractivity contribution in [3.05, 3.63) is 59.9 Å². The predicted molar refractivity (Wildman–Crippen MR) is 105 cm³/mol. The predicted octanol–water partition coefficient (Wildman–Crippen LogP) is 0.113. The lowest BCUT2D eigenvalue weighted by atomic mass is 9.96. The highest BCUT2D eigenvalue weighted by Crippen LogP contribution is 2.09. The van der Waals surface area contributed by atoms with Gasteiger partial charge in [0, 0.05) is 6.54 Å². The summed E-state index contributed by atoms with van der Waals surface area (Å²) in [5, 5.41) is 16.4. The van der Waals surface area contributed by atoms with Gasteiger partial charge in [0.15, 0.2) is 0 Å². The van der Waals surface area contributed by atoms with Gasteiger partial charge in [-0.25, -0.2) is 4.39 Å². The molecule has 8 heteroatoms. The van der Waals surface area contributed by atoms with Gasteiger partial charge in [0.25, 0.3) is 0 Å². The van der Waals surface area contributed by atoms with Crippen molar-refractivity contribution in [1.29, 1.82) is 0 Å². The summed E-state index contributed by atoms with van der Waals surface area (Å²) in [5.41, 5.74) is 1.58. The Hall–Kier alpha value is -2.71. The maximum absolute atomic E-state index is 12.7. The number of aliphatic hydroxyl groups excluding tert-OH is 1. The molecule has 2 aromatic carbocycles. The normalized spacial score (nSPS) is 10.9. The molecule has 27 heavy (non-hydrogen) atoms. The van der Waals surface area contributed by atoms with Crippen LogP contribution in [0.1, 0.15) is 5.56 Å². The maximum Gasteiger partial charge on any atom is 0.237 e. The fourth-order valence-corrected chi connectivity index (χ4v) is 2.19. The summed E-state index contributed by atoms with van der Waals surface area (Å²) in [6.45, 7) is 0.263. The second-order valence-electron chi connectivity index (χ2n) is 5.55. The Kier molecular flexibility index (Phi) is 10.4.